The van der Waals surface area contributed by atoms with E-state index in [1.54, 1.807) is 0 Å². The molecule has 0 saturated heterocycles. The molecule has 6 heteroatoms. The van der Waals surface area contributed by atoms with Gasteiger partial charge < -0.3 is 15.2 Å². The molecule has 0 unspecified atom stereocenters. The van der Waals surface area contributed by atoms with Crippen LogP contribution in [0.4, 0.5) is 0 Å². The molecule has 0 radical (unpaired) electrons. The lowest BCUT2D eigenvalue weighted by molar-refractivity contribution is 0.0943. The number of nitrogens with zero attached hydrogens (tertiary/aromatic N) is 1. The summed E-state index contributed by atoms with van der Waals surface area (Å²) >= 11 is 3.39. The maximum absolute atomic E-state index is 11.9. The van der Waals surface area contributed by atoms with Gasteiger partial charge in [-0.05, 0) is 42.9 Å². The van der Waals surface area contributed by atoms with Crippen molar-refractivity contribution in [1.29, 1.82) is 0 Å². The van der Waals surface area contributed by atoms with Crippen LogP contribution < -0.4 is 10.6 Å². The molecule has 0 atom stereocenters. The fourth-order valence-electron chi connectivity index (χ4n) is 1.45. The molecule has 0 fully saturated rings. The molecule has 0 spiro atoms. The Labute approximate surface area is 117 Å². The molecule has 1 rings (SSSR count). The first-order chi connectivity index (χ1) is 7.56. The second-order valence-corrected chi connectivity index (χ2v) is 4.82. The van der Waals surface area contributed by atoms with Gasteiger partial charge in [0.2, 0.25) is 0 Å². The van der Waals surface area contributed by atoms with E-state index in [2.05, 4.69) is 40.4 Å². The minimum absolute atomic E-state index is 0. The van der Waals surface area contributed by atoms with Crippen LogP contribution in [0.1, 0.15) is 30.4 Å². The number of amides is 1. The molecule has 0 aliphatic rings. The van der Waals surface area contributed by atoms with Gasteiger partial charge in [-0.15, -0.1) is 12.4 Å². The summed E-state index contributed by atoms with van der Waals surface area (Å²) in [6.07, 6.45) is 1.93. The minimum Gasteiger partial charge on any atom is -0.349 e. The predicted octanol–water partition coefficient (Wildman–Crippen LogP) is 2.20. The average Bonchev–Trinajstić information content (AvgIpc) is 2.61. The van der Waals surface area contributed by atoms with Gasteiger partial charge in [0.15, 0.2) is 0 Å². The van der Waals surface area contributed by atoms with Crippen molar-refractivity contribution < 1.29 is 4.79 Å². The third-order valence-electron chi connectivity index (χ3n) is 2.26. The molecule has 17 heavy (non-hydrogen) atoms. The highest BCUT2D eigenvalue weighted by Crippen LogP contribution is 2.19. The minimum atomic E-state index is -0.0327. The van der Waals surface area contributed by atoms with E-state index in [0.717, 1.165) is 11.0 Å². The second kappa shape index (κ2) is 7.74. The van der Waals surface area contributed by atoms with Crippen molar-refractivity contribution in [2.24, 2.45) is 0 Å². The number of carbonyl (C=O) groups is 1. The molecule has 1 amide bonds. The van der Waals surface area contributed by atoms with Crippen molar-refractivity contribution in [3.8, 4) is 0 Å². The topological polar surface area (TPSA) is 46.1 Å². The molecule has 0 aromatic carbocycles. The quantitative estimate of drug-likeness (QED) is 0.816. The standard InChI is InChI=1S/C11H18BrN3O.ClH/c1-8(2)15-7-9(12)6-10(15)11(16)14-5-4-13-3;/h6-8,13H,4-5H2,1-3H3,(H,14,16);1H. The maximum atomic E-state index is 11.9. The highest BCUT2D eigenvalue weighted by Gasteiger charge is 2.14. The Kier molecular flexibility index (Phi) is 7.50. The third kappa shape index (κ3) is 4.69. The highest BCUT2D eigenvalue weighted by molar-refractivity contribution is 9.10. The average molecular weight is 325 g/mol. The van der Waals surface area contributed by atoms with Gasteiger partial charge in [-0.1, -0.05) is 0 Å². The Hall–Kier alpha value is -0.520. The van der Waals surface area contributed by atoms with Crippen LogP contribution >= 0.6 is 28.3 Å². The molecule has 2 N–H and O–H groups in total. The molecule has 0 aliphatic heterocycles. The number of carbonyl (C=O) groups excluding carboxylic acids is 1. The van der Waals surface area contributed by atoms with Crippen molar-refractivity contribution >= 4 is 34.2 Å². The van der Waals surface area contributed by atoms with Gasteiger partial charge in [0.05, 0.1) is 0 Å². The summed E-state index contributed by atoms with van der Waals surface area (Å²) < 4.78 is 2.89. The van der Waals surface area contributed by atoms with E-state index >= 15 is 0 Å². The smallest absolute Gasteiger partial charge is 0.268 e. The van der Waals surface area contributed by atoms with E-state index < -0.39 is 0 Å². The van der Waals surface area contributed by atoms with Gasteiger partial charge in [-0.2, -0.15) is 0 Å². The van der Waals surface area contributed by atoms with Crippen LogP contribution in [0.2, 0.25) is 0 Å². The predicted molar refractivity (Wildman–Crippen MR) is 76.0 cm³/mol. The molecule has 98 valence electrons. The summed E-state index contributed by atoms with van der Waals surface area (Å²) in [5.41, 5.74) is 0.693. The Bertz CT molecular complexity index is 366. The van der Waals surface area contributed by atoms with E-state index in [4.69, 9.17) is 0 Å². The number of aromatic nitrogens is 1. The van der Waals surface area contributed by atoms with E-state index in [-0.39, 0.29) is 24.4 Å². The maximum Gasteiger partial charge on any atom is 0.268 e. The number of hydrogen-bond acceptors (Lipinski definition) is 2. The van der Waals surface area contributed by atoms with Crippen LogP contribution in [-0.2, 0) is 0 Å². The van der Waals surface area contributed by atoms with Crippen molar-refractivity contribution in [3.05, 3.63) is 22.4 Å². The zero-order valence-corrected chi connectivity index (χ0v) is 12.7. The Balaban J connectivity index is 0.00000256. The molecule has 0 aliphatic carbocycles. The van der Waals surface area contributed by atoms with Gasteiger partial charge >= 0.3 is 0 Å². The summed E-state index contributed by atoms with van der Waals surface area (Å²) in [5, 5.41) is 5.85. The lowest BCUT2D eigenvalue weighted by Gasteiger charge is -2.12. The number of rotatable bonds is 5. The molecule has 1 heterocycles. The summed E-state index contributed by atoms with van der Waals surface area (Å²) in [6, 6.07) is 2.12. The number of halogens is 2. The highest BCUT2D eigenvalue weighted by atomic mass is 79.9. The van der Waals surface area contributed by atoms with Gasteiger partial charge in [-0.3, -0.25) is 4.79 Å². The third-order valence-corrected chi connectivity index (χ3v) is 2.70. The summed E-state index contributed by atoms with van der Waals surface area (Å²) in [5.74, 6) is -0.0327. The van der Waals surface area contributed by atoms with Crippen molar-refractivity contribution in [3.63, 3.8) is 0 Å². The van der Waals surface area contributed by atoms with Crippen molar-refractivity contribution in [2.45, 2.75) is 19.9 Å². The van der Waals surface area contributed by atoms with E-state index in [1.165, 1.54) is 0 Å². The Morgan fingerprint density at radius 3 is 2.65 bits per heavy atom. The monoisotopic (exact) mass is 323 g/mol. The van der Waals surface area contributed by atoms with Crippen LogP contribution in [0.25, 0.3) is 0 Å². The van der Waals surface area contributed by atoms with Crippen LogP contribution in [0, 0.1) is 0 Å². The zero-order valence-electron chi connectivity index (χ0n) is 10.3. The summed E-state index contributed by atoms with van der Waals surface area (Å²) in [6.45, 7) is 5.51. The first kappa shape index (κ1) is 16.5. The van der Waals surface area contributed by atoms with E-state index in [1.807, 2.05) is 23.9 Å². The molecule has 1 aromatic rings. The van der Waals surface area contributed by atoms with Gasteiger partial charge in [0.25, 0.3) is 5.91 Å². The lowest BCUT2D eigenvalue weighted by atomic mass is 10.3. The molecule has 1 aromatic heterocycles. The first-order valence-corrected chi connectivity index (χ1v) is 6.15. The summed E-state index contributed by atoms with van der Waals surface area (Å²) in [7, 11) is 1.86. The number of nitrogens with one attached hydrogen (secondary N) is 2. The molecular formula is C11H19BrClN3O. The largest absolute Gasteiger partial charge is 0.349 e. The van der Waals surface area contributed by atoms with E-state index in [9.17, 15) is 4.79 Å². The second-order valence-electron chi connectivity index (χ2n) is 3.90. The van der Waals surface area contributed by atoms with Crippen LogP contribution in [0.3, 0.4) is 0 Å². The van der Waals surface area contributed by atoms with E-state index in [0.29, 0.717) is 12.2 Å². The first-order valence-electron chi connectivity index (χ1n) is 5.36. The fourth-order valence-corrected chi connectivity index (χ4v) is 1.88. The van der Waals surface area contributed by atoms with Crippen LogP contribution in [-0.4, -0.2) is 30.6 Å². The molecule has 0 bridgehead atoms. The SMILES string of the molecule is CNCCNC(=O)c1cc(Br)cn1C(C)C.Cl. The van der Waals surface area contributed by atoms with Gasteiger partial charge in [-0.25, -0.2) is 0 Å². The lowest BCUT2D eigenvalue weighted by Crippen LogP contribution is -2.31. The van der Waals surface area contributed by atoms with Crippen LogP contribution in [0.5, 0.6) is 0 Å². The van der Waals surface area contributed by atoms with Crippen molar-refractivity contribution in [1.82, 2.24) is 15.2 Å². The Morgan fingerprint density at radius 2 is 2.12 bits per heavy atom. The molecule has 0 saturated carbocycles. The van der Waals surface area contributed by atoms with Crippen molar-refractivity contribution in [2.75, 3.05) is 20.1 Å². The number of likely N-dealkylation sites (N-methyl/N-ethyl adjacent to an activating group) is 1. The van der Waals surface area contributed by atoms with Crippen LogP contribution in [0.15, 0.2) is 16.7 Å². The van der Waals surface area contributed by atoms with Gasteiger partial charge in [0.1, 0.15) is 5.69 Å². The molecular weight excluding hydrogens is 305 g/mol. The Morgan fingerprint density at radius 1 is 1.47 bits per heavy atom. The zero-order chi connectivity index (χ0) is 12.1. The number of hydrogen-bond donors (Lipinski definition) is 2. The van der Waals surface area contributed by atoms with Gasteiger partial charge in [0, 0.05) is 29.8 Å². The molecule has 4 nitrogen and oxygen atoms in total. The normalized spacial score (nSPS) is 10.2. The fraction of sp³-hybridized carbons (Fsp3) is 0.545. The summed E-state index contributed by atoms with van der Waals surface area (Å²) in [4.78, 5) is 11.9.